The van der Waals surface area contributed by atoms with Gasteiger partial charge in [0.25, 0.3) is 11.7 Å². The molecule has 1 aliphatic heterocycles. The van der Waals surface area contributed by atoms with E-state index in [9.17, 15) is 14.7 Å². The van der Waals surface area contributed by atoms with Crippen LogP contribution in [0, 0.1) is 13.8 Å². The Morgan fingerprint density at radius 3 is 2.24 bits per heavy atom. The van der Waals surface area contributed by atoms with Crippen LogP contribution in [0.25, 0.3) is 5.76 Å². The molecule has 7 heteroatoms. The zero-order valence-electron chi connectivity index (χ0n) is 21.7. The standard InChI is InChI=1S/C30H31NO6/c1-6-36-23-13-12-21(16-19(23)4)28(32)26-27(20-11-14-24(35-5)25(17-20)37-7-2)31(30(34)29(26)33)22-10-8-9-18(3)15-22/h8-17,27,32H,6-7H2,1-5H3/b28-26-. The lowest BCUT2D eigenvalue weighted by Gasteiger charge is -2.26. The van der Waals surface area contributed by atoms with E-state index in [0.717, 1.165) is 11.1 Å². The van der Waals surface area contributed by atoms with Gasteiger partial charge in [-0.15, -0.1) is 0 Å². The van der Waals surface area contributed by atoms with Gasteiger partial charge < -0.3 is 19.3 Å². The number of aliphatic hydroxyl groups is 1. The molecule has 0 aliphatic carbocycles. The first-order chi connectivity index (χ1) is 17.8. The molecule has 7 nitrogen and oxygen atoms in total. The number of nitrogens with zero attached hydrogens (tertiary/aromatic N) is 1. The van der Waals surface area contributed by atoms with E-state index in [1.165, 1.54) is 4.90 Å². The van der Waals surface area contributed by atoms with Gasteiger partial charge in [0.2, 0.25) is 0 Å². The molecule has 0 aromatic heterocycles. The van der Waals surface area contributed by atoms with Gasteiger partial charge in [0.1, 0.15) is 11.5 Å². The molecule has 1 atom stereocenters. The van der Waals surface area contributed by atoms with E-state index in [1.807, 2.05) is 45.9 Å². The Bertz CT molecular complexity index is 1380. The second kappa shape index (κ2) is 10.8. The molecule has 1 amide bonds. The molecule has 3 aromatic carbocycles. The summed E-state index contributed by atoms with van der Waals surface area (Å²) >= 11 is 0. The number of anilines is 1. The summed E-state index contributed by atoms with van der Waals surface area (Å²) in [6.45, 7) is 8.45. The van der Waals surface area contributed by atoms with Crippen molar-refractivity contribution in [2.45, 2.75) is 33.7 Å². The second-order valence-corrected chi connectivity index (χ2v) is 8.76. The molecule has 1 unspecified atom stereocenters. The molecule has 1 saturated heterocycles. The molecular weight excluding hydrogens is 470 g/mol. The molecule has 1 N–H and O–H groups in total. The van der Waals surface area contributed by atoms with Gasteiger partial charge >= 0.3 is 0 Å². The number of aryl methyl sites for hydroxylation is 2. The van der Waals surface area contributed by atoms with Crippen LogP contribution in [0.5, 0.6) is 17.2 Å². The first-order valence-electron chi connectivity index (χ1n) is 12.2. The average molecular weight is 502 g/mol. The molecule has 1 fully saturated rings. The normalized spacial score (nSPS) is 16.7. The Morgan fingerprint density at radius 1 is 0.892 bits per heavy atom. The Labute approximate surface area is 216 Å². The highest BCUT2D eigenvalue weighted by Crippen LogP contribution is 2.44. The van der Waals surface area contributed by atoms with Gasteiger partial charge in [-0.05, 0) is 86.8 Å². The quantitative estimate of drug-likeness (QED) is 0.241. The van der Waals surface area contributed by atoms with Crippen LogP contribution < -0.4 is 19.1 Å². The van der Waals surface area contributed by atoms with Crippen molar-refractivity contribution in [2.24, 2.45) is 0 Å². The molecule has 37 heavy (non-hydrogen) atoms. The first kappa shape index (κ1) is 25.8. The Kier molecular flexibility index (Phi) is 7.53. The van der Waals surface area contributed by atoms with Gasteiger partial charge in [-0.2, -0.15) is 0 Å². The van der Waals surface area contributed by atoms with Crippen LogP contribution in [0.15, 0.2) is 66.2 Å². The van der Waals surface area contributed by atoms with Crippen LogP contribution in [0.3, 0.4) is 0 Å². The lowest BCUT2D eigenvalue weighted by Crippen LogP contribution is -2.29. The lowest BCUT2D eigenvalue weighted by atomic mass is 9.94. The van der Waals surface area contributed by atoms with E-state index >= 15 is 0 Å². The SMILES string of the molecule is CCOc1ccc(/C(O)=C2/C(=O)C(=O)N(c3cccc(C)c3)C2c2ccc(OC)c(OCC)c2)cc1C. The maximum Gasteiger partial charge on any atom is 0.300 e. The van der Waals surface area contributed by atoms with Crippen LogP contribution in [0.1, 0.15) is 42.1 Å². The summed E-state index contributed by atoms with van der Waals surface area (Å²) in [5.74, 6) is -0.0295. The molecule has 1 aliphatic rings. The third-order valence-corrected chi connectivity index (χ3v) is 6.28. The highest BCUT2D eigenvalue weighted by Gasteiger charge is 2.47. The number of ether oxygens (including phenoxy) is 3. The number of benzene rings is 3. The number of hydrogen-bond donors (Lipinski definition) is 1. The average Bonchev–Trinajstić information content (AvgIpc) is 3.15. The summed E-state index contributed by atoms with van der Waals surface area (Å²) < 4.78 is 16.8. The number of amides is 1. The van der Waals surface area contributed by atoms with Crippen molar-refractivity contribution in [3.05, 3.63) is 88.5 Å². The molecule has 4 rings (SSSR count). The highest BCUT2D eigenvalue weighted by atomic mass is 16.5. The molecule has 3 aromatic rings. The van der Waals surface area contributed by atoms with Gasteiger partial charge in [-0.1, -0.05) is 18.2 Å². The highest BCUT2D eigenvalue weighted by molar-refractivity contribution is 6.51. The Morgan fingerprint density at radius 2 is 1.59 bits per heavy atom. The summed E-state index contributed by atoms with van der Waals surface area (Å²) in [6.07, 6.45) is 0. The molecule has 0 bridgehead atoms. The summed E-state index contributed by atoms with van der Waals surface area (Å²) in [6, 6.07) is 16.9. The number of ketones is 1. The number of carbonyl (C=O) groups excluding carboxylic acids is 2. The molecule has 0 saturated carbocycles. The second-order valence-electron chi connectivity index (χ2n) is 8.76. The number of hydrogen-bond acceptors (Lipinski definition) is 6. The fourth-order valence-electron chi connectivity index (χ4n) is 4.59. The number of rotatable bonds is 8. The van der Waals surface area contributed by atoms with Crippen molar-refractivity contribution in [3.8, 4) is 17.2 Å². The molecule has 1 heterocycles. The largest absolute Gasteiger partial charge is 0.507 e. The molecular formula is C30H31NO6. The van der Waals surface area contributed by atoms with E-state index in [-0.39, 0.29) is 11.3 Å². The number of methoxy groups -OCH3 is 1. The lowest BCUT2D eigenvalue weighted by molar-refractivity contribution is -0.132. The van der Waals surface area contributed by atoms with E-state index in [2.05, 4.69) is 0 Å². The third kappa shape index (κ3) is 4.89. The van der Waals surface area contributed by atoms with E-state index < -0.39 is 17.7 Å². The minimum Gasteiger partial charge on any atom is -0.507 e. The van der Waals surface area contributed by atoms with Gasteiger partial charge in [-0.3, -0.25) is 14.5 Å². The molecule has 0 radical (unpaired) electrons. The van der Waals surface area contributed by atoms with Crippen molar-refractivity contribution in [1.82, 2.24) is 0 Å². The van der Waals surface area contributed by atoms with Crippen molar-refractivity contribution < 1.29 is 28.9 Å². The van der Waals surface area contributed by atoms with Crippen molar-refractivity contribution in [3.63, 3.8) is 0 Å². The summed E-state index contributed by atoms with van der Waals surface area (Å²) in [5, 5.41) is 11.5. The minimum atomic E-state index is -0.876. The van der Waals surface area contributed by atoms with Gasteiger partial charge in [0.05, 0.1) is 31.9 Å². The van der Waals surface area contributed by atoms with Crippen molar-refractivity contribution in [1.29, 1.82) is 0 Å². The first-order valence-corrected chi connectivity index (χ1v) is 12.2. The number of carbonyl (C=O) groups is 2. The smallest absolute Gasteiger partial charge is 0.300 e. The van der Waals surface area contributed by atoms with Crippen LogP contribution in [0.4, 0.5) is 5.69 Å². The van der Waals surface area contributed by atoms with E-state index in [4.69, 9.17) is 14.2 Å². The minimum absolute atomic E-state index is 0.00248. The van der Waals surface area contributed by atoms with E-state index in [0.29, 0.717) is 47.3 Å². The van der Waals surface area contributed by atoms with Crippen LogP contribution in [0.2, 0.25) is 0 Å². The monoisotopic (exact) mass is 501 g/mol. The zero-order chi connectivity index (χ0) is 26.7. The van der Waals surface area contributed by atoms with Gasteiger partial charge in [0, 0.05) is 11.3 Å². The summed E-state index contributed by atoms with van der Waals surface area (Å²) in [7, 11) is 1.55. The number of Topliss-reactive ketones (excluding diaryl/α,β-unsaturated/α-hetero) is 1. The summed E-state index contributed by atoms with van der Waals surface area (Å²) in [5.41, 5.74) is 3.33. The maximum atomic E-state index is 13.5. The number of aliphatic hydroxyl groups excluding tert-OH is 1. The topological polar surface area (TPSA) is 85.3 Å². The fraction of sp³-hybridized carbons (Fsp3) is 0.267. The van der Waals surface area contributed by atoms with Crippen LogP contribution in [-0.2, 0) is 9.59 Å². The van der Waals surface area contributed by atoms with E-state index in [1.54, 1.807) is 49.6 Å². The zero-order valence-corrected chi connectivity index (χ0v) is 21.7. The fourth-order valence-corrected chi connectivity index (χ4v) is 4.59. The third-order valence-electron chi connectivity index (χ3n) is 6.28. The van der Waals surface area contributed by atoms with Crippen LogP contribution >= 0.6 is 0 Å². The Balaban J connectivity index is 1.94. The van der Waals surface area contributed by atoms with Crippen LogP contribution in [-0.4, -0.2) is 37.1 Å². The van der Waals surface area contributed by atoms with Gasteiger partial charge in [-0.25, -0.2) is 0 Å². The molecule has 0 spiro atoms. The maximum absolute atomic E-state index is 13.5. The predicted octanol–water partition coefficient (Wildman–Crippen LogP) is 5.74. The van der Waals surface area contributed by atoms with Crippen molar-refractivity contribution in [2.75, 3.05) is 25.2 Å². The Hall–Kier alpha value is -4.26. The predicted molar refractivity (Wildman–Crippen MR) is 142 cm³/mol. The van der Waals surface area contributed by atoms with Gasteiger partial charge in [0.15, 0.2) is 11.5 Å². The summed E-state index contributed by atoms with van der Waals surface area (Å²) in [4.78, 5) is 28.3. The van der Waals surface area contributed by atoms with Crippen molar-refractivity contribution >= 4 is 23.1 Å². The molecule has 192 valence electrons.